The topological polar surface area (TPSA) is 56.1 Å². The fourth-order valence-corrected chi connectivity index (χ4v) is 2.42. The van der Waals surface area contributed by atoms with Crippen LogP contribution in [0.3, 0.4) is 0 Å². The number of amides is 1. The molecule has 11 heteroatoms. The molecule has 0 saturated carbocycles. The minimum Gasteiger partial charge on any atom is -0.353 e. The van der Waals surface area contributed by atoms with Gasteiger partial charge in [-0.05, 0) is 42.5 Å². The van der Waals surface area contributed by atoms with Crippen LogP contribution in [0.15, 0.2) is 42.5 Å². The van der Waals surface area contributed by atoms with E-state index in [0.29, 0.717) is 11.0 Å². The summed E-state index contributed by atoms with van der Waals surface area (Å²) in [4.78, 5) is 12.5. The van der Waals surface area contributed by atoms with Crippen molar-refractivity contribution in [1.29, 1.82) is 5.26 Å². The largest absolute Gasteiger partial charge is 0.417 e. The number of hydrogen-bond acceptors (Lipinski definition) is 3. The summed E-state index contributed by atoms with van der Waals surface area (Å²) in [5.41, 5.74) is -2.62. The van der Waals surface area contributed by atoms with Crippen LogP contribution in [-0.2, 0) is 11.0 Å². The molecule has 2 aromatic rings. The molecule has 2 aromatic carbocycles. The Morgan fingerprint density at radius 2 is 1.66 bits per heavy atom. The van der Waals surface area contributed by atoms with E-state index in [-0.39, 0.29) is 5.69 Å². The molecule has 2 rings (SSSR count). The molecule has 154 valence electrons. The standard InChI is InChI=1S/C18H12F7N3O/c19-12-2-4-13(5-3-12)27-16(29)9-28(10-17(20,21)22)14-6-1-11(8-26)15(7-14)18(23,24)25/h1-7H,9-10H2,(H,27,29). The Hall–Kier alpha value is -3.29. The van der Waals surface area contributed by atoms with Crippen molar-refractivity contribution in [1.82, 2.24) is 0 Å². The molecule has 29 heavy (non-hydrogen) atoms. The molecule has 0 atom stereocenters. The van der Waals surface area contributed by atoms with Gasteiger partial charge in [0.15, 0.2) is 0 Å². The van der Waals surface area contributed by atoms with E-state index in [4.69, 9.17) is 5.26 Å². The molecule has 0 heterocycles. The molecule has 0 saturated heterocycles. The SMILES string of the molecule is N#Cc1ccc(N(CC(=O)Nc2ccc(F)cc2)CC(F)(F)F)cc1C(F)(F)F. The second-order valence-corrected chi connectivity index (χ2v) is 5.87. The van der Waals surface area contributed by atoms with E-state index in [0.717, 1.165) is 24.3 Å². The maximum absolute atomic E-state index is 13.1. The van der Waals surface area contributed by atoms with Gasteiger partial charge in [-0.2, -0.15) is 31.6 Å². The summed E-state index contributed by atoms with van der Waals surface area (Å²) >= 11 is 0. The van der Waals surface area contributed by atoms with Crippen molar-refractivity contribution >= 4 is 17.3 Å². The van der Waals surface area contributed by atoms with E-state index < -0.39 is 54.0 Å². The van der Waals surface area contributed by atoms with Gasteiger partial charge in [-0.15, -0.1) is 0 Å². The van der Waals surface area contributed by atoms with Gasteiger partial charge in [-0.3, -0.25) is 4.79 Å². The van der Waals surface area contributed by atoms with Crippen LogP contribution in [0.4, 0.5) is 42.1 Å². The van der Waals surface area contributed by atoms with Crippen LogP contribution < -0.4 is 10.2 Å². The number of carbonyl (C=O) groups is 1. The van der Waals surface area contributed by atoms with Crippen LogP contribution >= 0.6 is 0 Å². The lowest BCUT2D eigenvalue weighted by Gasteiger charge is -2.26. The first-order valence-electron chi connectivity index (χ1n) is 7.87. The summed E-state index contributed by atoms with van der Waals surface area (Å²) in [6.07, 6.45) is -9.79. The molecular weight excluding hydrogens is 407 g/mol. The molecular formula is C18H12F7N3O. The molecule has 1 N–H and O–H groups in total. The first-order valence-corrected chi connectivity index (χ1v) is 7.87. The fraction of sp³-hybridized carbons (Fsp3) is 0.222. The zero-order valence-electron chi connectivity index (χ0n) is 14.4. The summed E-state index contributed by atoms with van der Waals surface area (Å²) < 4.78 is 90.9. The number of hydrogen-bond donors (Lipinski definition) is 1. The maximum atomic E-state index is 13.1. The Balaban J connectivity index is 2.32. The first kappa shape index (κ1) is 22.0. The number of nitrogens with zero attached hydrogens (tertiary/aromatic N) is 2. The van der Waals surface area contributed by atoms with Gasteiger partial charge in [0.05, 0.1) is 23.7 Å². The molecule has 0 radical (unpaired) electrons. The Bertz CT molecular complexity index is 915. The van der Waals surface area contributed by atoms with Gasteiger partial charge in [-0.25, -0.2) is 4.39 Å². The van der Waals surface area contributed by atoms with Crippen molar-refractivity contribution in [3.05, 3.63) is 59.4 Å². The molecule has 0 aliphatic carbocycles. The number of carbonyl (C=O) groups excluding carboxylic acids is 1. The number of nitrogens with one attached hydrogen (secondary N) is 1. The smallest absolute Gasteiger partial charge is 0.353 e. The van der Waals surface area contributed by atoms with Crippen LogP contribution in [0.5, 0.6) is 0 Å². The lowest BCUT2D eigenvalue weighted by Crippen LogP contribution is -2.40. The quantitative estimate of drug-likeness (QED) is 0.714. The number of halogens is 7. The van der Waals surface area contributed by atoms with Gasteiger partial charge in [0.2, 0.25) is 5.91 Å². The number of alkyl halides is 6. The molecule has 1 amide bonds. The second-order valence-electron chi connectivity index (χ2n) is 5.87. The minimum atomic E-state index is -4.97. The van der Waals surface area contributed by atoms with Crippen LogP contribution in [-0.4, -0.2) is 25.2 Å². The summed E-state index contributed by atoms with van der Waals surface area (Å²) in [5, 5.41) is 11.0. The van der Waals surface area contributed by atoms with E-state index in [9.17, 15) is 35.5 Å². The predicted octanol–water partition coefficient (Wildman–Crippen LogP) is 4.72. The molecule has 0 aliphatic rings. The minimum absolute atomic E-state index is 0.0965. The summed E-state index contributed by atoms with van der Waals surface area (Å²) in [6.45, 7) is -2.63. The number of anilines is 2. The number of rotatable bonds is 5. The van der Waals surface area contributed by atoms with Crippen LogP contribution in [0, 0.1) is 17.1 Å². The third kappa shape index (κ3) is 6.38. The third-order valence-electron chi connectivity index (χ3n) is 3.63. The van der Waals surface area contributed by atoms with Gasteiger partial charge in [0.1, 0.15) is 12.4 Å². The fourth-order valence-electron chi connectivity index (χ4n) is 2.42. The van der Waals surface area contributed by atoms with E-state index in [2.05, 4.69) is 5.32 Å². The zero-order chi connectivity index (χ0) is 21.8. The van der Waals surface area contributed by atoms with Crippen LogP contribution in [0.25, 0.3) is 0 Å². The Morgan fingerprint density at radius 1 is 1.03 bits per heavy atom. The van der Waals surface area contributed by atoms with Gasteiger partial charge in [0, 0.05) is 11.4 Å². The summed E-state index contributed by atoms with van der Waals surface area (Å²) in [7, 11) is 0. The first-order chi connectivity index (χ1) is 13.4. The highest BCUT2D eigenvalue weighted by atomic mass is 19.4. The molecule has 4 nitrogen and oxygen atoms in total. The highest BCUT2D eigenvalue weighted by molar-refractivity contribution is 5.94. The lowest BCUT2D eigenvalue weighted by molar-refractivity contribution is -0.137. The molecule has 0 unspecified atom stereocenters. The van der Waals surface area contributed by atoms with Gasteiger partial charge >= 0.3 is 12.4 Å². The van der Waals surface area contributed by atoms with Crippen molar-refractivity contribution < 1.29 is 35.5 Å². The van der Waals surface area contributed by atoms with Crippen LogP contribution in [0.1, 0.15) is 11.1 Å². The number of nitriles is 1. The molecule has 0 aliphatic heterocycles. The van der Waals surface area contributed by atoms with Gasteiger partial charge < -0.3 is 10.2 Å². The highest BCUT2D eigenvalue weighted by Gasteiger charge is 2.36. The zero-order valence-corrected chi connectivity index (χ0v) is 14.4. The summed E-state index contributed by atoms with van der Waals surface area (Å²) in [5.74, 6) is -1.56. The number of benzene rings is 2. The van der Waals surface area contributed by atoms with Crippen molar-refractivity contribution in [2.45, 2.75) is 12.4 Å². The van der Waals surface area contributed by atoms with E-state index in [1.165, 1.54) is 18.2 Å². The average molecular weight is 419 g/mol. The van der Waals surface area contributed by atoms with E-state index in [1.807, 2.05) is 0 Å². The van der Waals surface area contributed by atoms with Crippen LogP contribution in [0.2, 0.25) is 0 Å². The monoisotopic (exact) mass is 419 g/mol. The molecule has 0 spiro atoms. The maximum Gasteiger partial charge on any atom is 0.417 e. The van der Waals surface area contributed by atoms with E-state index >= 15 is 0 Å². The molecule has 0 bridgehead atoms. The molecule has 0 fully saturated rings. The lowest BCUT2D eigenvalue weighted by atomic mass is 10.1. The van der Waals surface area contributed by atoms with Gasteiger partial charge in [-0.1, -0.05) is 0 Å². The summed E-state index contributed by atoms with van der Waals surface area (Å²) in [6, 6.07) is 7.71. The Labute approximate surface area is 160 Å². The van der Waals surface area contributed by atoms with E-state index in [1.54, 1.807) is 0 Å². The highest BCUT2D eigenvalue weighted by Crippen LogP contribution is 2.35. The van der Waals surface area contributed by atoms with Crippen molar-refractivity contribution in [3.8, 4) is 6.07 Å². The van der Waals surface area contributed by atoms with Crippen molar-refractivity contribution in [2.75, 3.05) is 23.3 Å². The van der Waals surface area contributed by atoms with Crippen molar-refractivity contribution in [2.24, 2.45) is 0 Å². The average Bonchev–Trinajstić information content (AvgIpc) is 2.60. The molecule has 0 aromatic heterocycles. The van der Waals surface area contributed by atoms with Gasteiger partial charge in [0.25, 0.3) is 0 Å². The Morgan fingerprint density at radius 3 is 2.17 bits per heavy atom. The predicted molar refractivity (Wildman–Crippen MR) is 89.5 cm³/mol. The normalized spacial score (nSPS) is 11.7. The Kier molecular flexibility index (Phi) is 6.36. The van der Waals surface area contributed by atoms with Crippen molar-refractivity contribution in [3.63, 3.8) is 0 Å². The third-order valence-corrected chi connectivity index (χ3v) is 3.63. The second kappa shape index (κ2) is 8.38.